The average Bonchev–Trinajstić information content (AvgIpc) is 2.61. The van der Waals surface area contributed by atoms with Crippen LogP contribution in [0.15, 0.2) is 47.4 Å². The largest absolute Gasteiger partial charge is 0.462 e. The van der Waals surface area contributed by atoms with Crippen molar-refractivity contribution >= 4 is 50.6 Å². The Labute approximate surface area is 171 Å². The van der Waals surface area contributed by atoms with E-state index >= 15 is 0 Å². The number of sulfonamides is 1. The molecule has 0 unspecified atom stereocenters. The van der Waals surface area contributed by atoms with Gasteiger partial charge in [-0.1, -0.05) is 35.3 Å². The van der Waals surface area contributed by atoms with Gasteiger partial charge in [-0.05, 0) is 32.0 Å². The van der Waals surface area contributed by atoms with Crippen LogP contribution in [0.2, 0.25) is 10.0 Å². The van der Waals surface area contributed by atoms with Crippen molar-refractivity contribution in [2.75, 3.05) is 10.8 Å². The minimum atomic E-state index is -4.40. The monoisotopic (exact) mass is 446 g/mol. The molecule has 2 aromatic carbocycles. The van der Waals surface area contributed by atoms with Gasteiger partial charge in [-0.3, -0.25) is 19.2 Å². The van der Waals surface area contributed by atoms with Crippen LogP contribution in [0, 0.1) is 10.1 Å². The Balaban J connectivity index is 2.60. The summed E-state index contributed by atoms with van der Waals surface area (Å²) in [6.07, 6.45) is -0.468. The molecule has 0 aliphatic heterocycles. The summed E-state index contributed by atoms with van der Waals surface area (Å²) in [4.78, 5) is 22.1. The molecule has 0 heterocycles. The van der Waals surface area contributed by atoms with Gasteiger partial charge in [-0.25, -0.2) is 8.42 Å². The molecule has 11 heteroatoms. The second-order valence-corrected chi connectivity index (χ2v) is 8.53. The number of carbonyl (C=O) groups is 1. The maximum Gasteiger partial charge on any atom is 0.327 e. The van der Waals surface area contributed by atoms with E-state index in [9.17, 15) is 23.3 Å². The highest BCUT2D eigenvalue weighted by atomic mass is 35.5. The third kappa shape index (κ3) is 4.92. The lowest BCUT2D eigenvalue weighted by Gasteiger charge is -2.25. The Morgan fingerprint density at radius 2 is 1.86 bits per heavy atom. The van der Waals surface area contributed by atoms with Crippen molar-refractivity contribution in [3.05, 3.63) is 62.6 Å². The van der Waals surface area contributed by atoms with Crippen LogP contribution >= 0.6 is 23.2 Å². The Morgan fingerprint density at radius 1 is 1.21 bits per heavy atom. The molecule has 0 aliphatic rings. The van der Waals surface area contributed by atoms with Crippen molar-refractivity contribution in [2.45, 2.75) is 24.8 Å². The van der Waals surface area contributed by atoms with Crippen molar-refractivity contribution in [1.82, 2.24) is 0 Å². The number of benzene rings is 2. The van der Waals surface area contributed by atoms with Crippen LogP contribution in [-0.2, 0) is 19.6 Å². The first-order chi connectivity index (χ1) is 13.0. The summed E-state index contributed by atoms with van der Waals surface area (Å²) in [5.41, 5.74) is -0.468. The quantitative estimate of drug-likeness (QED) is 0.360. The van der Waals surface area contributed by atoms with Crippen LogP contribution in [0.25, 0.3) is 0 Å². The molecule has 2 rings (SSSR count). The molecule has 0 aliphatic carbocycles. The molecule has 0 N–H and O–H groups in total. The van der Waals surface area contributed by atoms with E-state index < -0.39 is 39.3 Å². The minimum absolute atomic E-state index is 0.0543. The number of esters is 1. The second-order valence-electron chi connectivity index (χ2n) is 5.88. The molecule has 2 aromatic rings. The van der Waals surface area contributed by atoms with Crippen molar-refractivity contribution in [3.63, 3.8) is 0 Å². The molecule has 0 amide bonds. The molecule has 0 radical (unpaired) electrons. The van der Waals surface area contributed by atoms with E-state index in [-0.39, 0.29) is 20.6 Å². The maximum absolute atomic E-state index is 13.2. The number of carbonyl (C=O) groups excluding carboxylic acids is 1. The zero-order valence-corrected chi connectivity index (χ0v) is 17.2. The number of hydrogen-bond donors (Lipinski definition) is 0. The Bertz CT molecular complexity index is 1010. The highest BCUT2D eigenvalue weighted by Gasteiger charge is 2.31. The van der Waals surface area contributed by atoms with Gasteiger partial charge in [0.05, 0.1) is 31.7 Å². The zero-order valence-electron chi connectivity index (χ0n) is 14.8. The summed E-state index contributed by atoms with van der Waals surface area (Å²) in [5.74, 6) is -0.819. The number of rotatable bonds is 7. The summed E-state index contributed by atoms with van der Waals surface area (Å²) in [6, 6.07) is 8.76. The normalized spacial score (nSPS) is 11.3. The van der Waals surface area contributed by atoms with Gasteiger partial charge < -0.3 is 4.74 Å². The van der Waals surface area contributed by atoms with Crippen LogP contribution in [0.5, 0.6) is 0 Å². The maximum atomic E-state index is 13.2. The lowest BCUT2D eigenvalue weighted by molar-refractivity contribution is -0.385. The molecule has 0 fully saturated rings. The van der Waals surface area contributed by atoms with Gasteiger partial charge in [0.2, 0.25) is 0 Å². The molecule has 0 aromatic heterocycles. The highest BCUT2D eigenvalue weighted by Crippen LogP contribution is 2.35. The van der Waals surface area contributed by atoms with Gasteiger partial charge in [0.25, 0.3) is 15.7 Å². The van der Waals surface area contributed by atoms with Crippen LogP contribution < -0.4 is 4.31 Å². The number of nitro groups is 1. The third-order valence-corrected chi connectivity index (χ3v) is 6.02. The topological polar surface area (TPSA) is 107 Å². The minimum Gasteiger partial charge on any atom is -0.462 e. The van der Waals surface area contributed by atoms with Gasteiger partial charge in [0, 0.05) is 12.1 Å². The lowest BCUT2D eigenvalue weighted by atomic mass is 10.3. The predicted molar refractivity (Wildman–Crippen MR) is 105 cm³/mol. The summed E-state index contributed by atoms with van der Waals surface area (Å²) >= 11 is 12.1. The van der Waals surface area contributed by atoms with E-state index in [1.807, 2.05) is 0 Å². The third-order valence-electron chi connectivity index (χ3n) is 3.46. The average molecular weight is 447 g/mol. The fourth-order valence-electron chi connectivity index (χ4n) is 2.29. The molecule has 0 bridgehead atoms. The van der Waals surface area contributed by atoms with Crippen molar-refractivity contribution in [2.24, 2.45) is 0 Å². The SMILES string of the molecule is CC(C)OC(=O)CN(c1cccc(Cl)c1Cl)S(=O)(=O)c1cccc([N+](=O)[O-])c1. The highest BCUT2D eigenvalue weighted by molar-refractivity contribution is 7.92. The number of nitro benzene ring substituents is 1. The summed E-state index contributed by atoms with van der Waals surface area (Å²) < 4.78 is 32.1. The summed E-state index contributed by atoms with van der Waals surface area (Å²) in [7, 11) is -4.40. The number of hydrogen-bond acceptors (Lipinski definition) is 6. The molecule has 0 saturated carbocycles. The Kier molecular flexibility index (Phi) is 6.87. The molecule has 28 heavy (non-hydrogen) atoms. The van der Waals surface area contributed by atoms with Crippen LogP contribution in [-0.4, -0.2) is 32.0 Å². The van der Waals surface area contributed by atoms with E-state index in [0.717, 1.165) is 12.1 Å². The first kappa shape index (κ1) is 21.9. The van der Waals surface area contributed by atoms with E-state index in [1.165, 1.54) is 30.3 Å². The van der Waals surface area contributed by atoms with E-state index in [1.54, 1.807) is 13.8 Å². The first-order valence-electron chi connectivity index (χ1n) is 7.94. The van der Waals surface area contributed by atoms with Crippen molar-refractivity contribution in [3.8, 4) is 0 Å². The van der Waals surface area contributed by atoms with Crippen molar-refractivity contribution in [1.29, 1.82) is 0 Å². The molecule has 150 valence electrons. The predicted octanol–water partition coefficient (Wildman–Crippen LogP) is 4.05. The fourth-order valence-corrected chi connectivity index (χ4v) is 4.20. The van der Waals surface area contributed by atoms with Gasteiger partial charge in [0.15, 0.2) is 0 Å². The van der Waals surface area contributed by atoms with E-state index in [0.29, 0.717) is 4.31 Å². The van der Waals surface area contributed by atoms with Crippen LogP contribution in [0.1, 0.15) is 13.8 Å². The smallest absolute Gasteiger partial charge is 0.327 e. The fraction of sp³-hybridized carbons (Fsp3) is 0.235. The molecular formula is C17H16Cl2N2O6S. The van der Waals surface area contributed by atoms with Gasteiger partial charge in [-0.15, -0.1) is 0 Å². The first-order valence-corrected chi connectivity index (χ1v) is 10.1. The standard InChI is InChI=1S/C17H16Cl2N2O6S/c1-11(2)27-16(22)10-20(15-8-4-7-14(18)17(15)19)28(25,26)13-6-3-5-12(9-13)21(23)24/h3-9,11H,10H2,1-2H3. The van der Waals surface area contributed by atoms with E-state index in [2.05, 4.69) is 0 Å². The van der Waals surface area contributed by atoms with Crippen LogP contribution in [0.3, 0.4) is 0 Å². The lowest BCUT2D eigenvalue weighted by Crippen LogP contribution is -2.37. The number of halogens is 2. The molecule has 0 saturated heterocycles. The molecule has 0 spiro atoms. The van der Waals surface area contributed by atoms with Gasteiger partial charge in [0.1, 0.15) is 6.54 Å². The second kappa shape index (κ2) is 8.76. The van der Waals surface area contributed by atoms with Crippen LogP contribution in [0.4, 0.5) is 11.4 Å². The number of anilines is 1. The molecule has 0 atom stereocenters. The number of nitrogens with zero attached hydrogens (tertiary/aromatic N) is 2. The van der Waals surface area contributed by atoms with Crippen molar-refractivity contribution < 1.29 is 22.9 Å². The van der Waals surface area contributed by atoms with E-state index in [4.69, 9.17) is 27.9 Å². The number of non-ortho nitro benzene ring substituents is 1. The van der Waals surface area contributed by atoms with Gasteiger partial charge in [-0.2, -0.15) is 0 Å². The summed E-state index contributed by atoms with van der Waals surface area (Å²) in [5, 5.41) is 11.0. The van der Waals surface area contributed by atoms with Gasteiger partial charge >= 0.3 is 5.97 Å². The molecular weight excluding hydrogens is 431 g/mol. The zero-order chi connectivity index (χ0) is 21.1. The Morgan fingerprint density at radius 3 is 2.46 bits per heavy atom. The summed E-state index contributed by atoms with van der Waals surface area (Å²) in [6.45, 7) is 2.54. The molecule has 8 nitrogen and oxygen atoms in total. The number of ether oxygens (including phenoxy) is 1. The Hall–Kier alpha value is -2.36.